The van der Waals surface area contributed by atoms with Crippen LogP contribution >= 0.6 is 46.7 Å². The van der Waals surface area contributed by atoms with Crippen LogP contribution in [-0.2, 0) is 4.74 Å². The fraction of sp³-hybridized carbons (Fsp3) is 0.571. The molecular formula is C21H32IN5OS2. The largest absolute Gasteiger partial charge is 0.379 e. The molecule has 2 aliphatic rings. The van der Waals surface area contributed by atoms with E-state index in [2.05, 4.69) is 60.5 Å². The second-order valence-corrected chi connectivity index (χ2v) is 9.40. The average molecular weight is 562 g/mol. The van der Waals surface area contributed by atoms with Crippen molar-refractivity contribution in [3.8, 4) is 0 Å². The number of piperidine rings is 1. The number of hydrogen-bond donors (Lipinski definition) is 2. The molecule has 166 valence electrons. The van der Waals surface area contributed by atoms with Gasteiger partial charge in [0.15, 0.2) is 5.96 Å². The van der Waals surface area contributed by atoms with Crippen LogP contribution < -0.4 is 15.5 Å². The monoisotopic (exact) mass is 561 g/mol. The van der Waals surface area contributed by atoms with Gasteiger partial charge in [0.2, 0.25) is 0 Å². The molecule has 0 amide bonds. The maximum absolute atomic E-state index is 5.55. The predicted molar refractivity (Wildman–Crippen MR) is 139 cm³/mol. The van der Waals surface area contributed by atoms with Gasteiger partial charge in [0, 0.05) is 50.7 Å². The fourth-order valence-corrected chi connectivity index (χ4v) is 5.70. The molecule has 1 atom stereocenters. The number of nitrogens with zero attached hydrogens (tertiary/aromatic N) is 3. The Morgan fingerprint density at radius 3 is 2.50 bits per heavy atom. The second kappa shape index (κ2) is 12.2. The number of ether oxygens (including phenoxy) is 1. The van der Waals surface area contributed by atoms with Crippen LogP contribution in [0.1, 0.15) is 23.8 Å². The van der Waals surface area contributed by atoms with E-state index in [0.29, 0.717) is 12.1 Å². The molecule has 0 aromatic carbocycles. The van der Waals surface area contributed by atoms with Gasteiger partial charge in [-0.3, -0.25) is 9.89 Å². The summed E-state index contributed by atoms with van der Waals surface area (Å²) >= 11 is 3.66. The number of anilines is 1. The quantitative estimate of drug-likeness (QED) is 0.321. The zero-order valence-electron chi connectivity index (χ0n) is 17.5. The molecular weight excluding hydrogens is 529 g/mol. The molecule has 0 radical (unpaired) electrons. The lowest BCUT2D eigenvalue weighted by molar-refractivity contribution is 0.0177. The maximum Gasteiger partial charge on any atom is 0.191 e. The van der Waals surface area contributed by atoms with Gasteiger partial charge in [0.1, 0.15) is 0 Å². The first-order valence-electron chi connectivity index (χ1n) is 10.4. The van der Waals surface area contributed by atoms with E-state index >= 15 is 0 Å². The summed E-state index contributed by atoms with van der Waals surface area (Å²) in [6.07, 6.45) is 2.27. The number of halogens is 1. The van der Waals surface area contributed by atoms with Crippen molar-refractivity contribution >= 4 is 57.6 Å². The molecule has 0 spiro atoms. The Balaban J connectivity index is 0.00000256. The van der Waals surface area contributed by atoms with Crippen LogP contribution in [0.3, 0.4) is 0 Å². The van der Waals surface area contributed by atoms with Crippen molar-refractivity contribution in [1.82, 2.24) is 15.5 Å². The van der Waals surface area contributed by atoms with E-state index in [9.17, 15) is 0 Å². The van der Waals surface area contributed by atoms with Crippen molar-refractivity contribution in [2.24, 2.45) is 4.99 Å². The third-order valence-corrected chi connectivity index (χ3v) is 7.60. The normalized spacial score (nSPS) is 19.9. The number of nitrogens with one attached hydrogen (secondary N) is 2. The van der Waals surface area contributed by atoms with Crippen LogP contribution in [0.2, 0.25) is 0 Å². The van der Waals surface area contributed by atoms with Crippen LogP contribution in [0.4, 0.5) is 5.00 Å². The minimum absolute atomic E-state index is 0. The summed E-state index contributed by atoms with van der Waals surface area (Å²) in [7, 11) is 1.87. The van der Waals surface area contributed by atoms with Crippen LogP contribution in [0, 0.1) is 0 Å². The molecule has 2 aromatic heterocycles. The molecule has 4 heterocycles. The highest BCUT2D eigenvalue weighted by Crippen LogP contribution is 2.26. The van der Waals surface area contributed by atoms with E-state index in [0.717, 1.165) is 64.7 Å². The molecule has 2 saturated heterocycles. The number of aliphatic imine (C=N–C) groups is 1. The minimum Gasteiger partial charge on any atom is -0.379 e. The van der Waals surface area contributed by atoms with E-state index in [1.54, 1.807) is 0 Å². The highest BCUT2D eigenvalue weighted by molar-refractivity contribution is 14.0. The molecule has 2 aliphatic heterocycles. The summed E-state index contributed by atoms with van der Waals surface area (Å²) in [5.41, 5.74) is 0. The van der Waals surface area contributed by atoms with Gasteiger partial charge in [-0.05, 0) is 41.8 Å². The molecule has 1 unspecified atom stereocenters. The van der Waals surface area contributed by atoms with Gasteiger partial charge in [-0.2, -0.15) is 0 Å². The van der Waals surface area contributed by atoms with Crippen LogP contribution in [0.25, 0.3) is 0 Å². The Hall–Kier alpha value is -0.880. The molecule has 2 aromatic rings. The first-order valence-corrected chi connectivity index (χ1v) is 12.2. The highest BCUT2D eigenvalue weighted by Gasteiger charge is 2.25. The molecule has 0 aliphatic carbocycles. The average Bonchev–Trinajstić information content (AvgIpc) is 3.49. The molecule has 0 saturated carbocycles. The third kappa shape index (κ3) is 6.32. The van der Waals surface area contributed by atoms with E-state index < -0.39 is 0 Å². The Labute approximate surface area is 204 Å². The van der Waals surface area contributed by atoms with Crippen molar-refractivity contribution in [3.05, 3.63) is 39.9 Å². The zero-order valence-corrected chi connectivity index (χ0v) is 21.4. The molecule has 30 heavy (non-hydrogen) atoms. The van der Waals surface area contributed by atoms with Crippen LogP contribution in [0.15, 0.2) is 40.0 Å². The van der Waals surface area contributed by atoms with Crippen molar-refractivity contribution in [2.45, 2.75) is 24.9 Å². The van der Waals surface area contributed by atoms with Crippen molar-refractivity contribution in [3.63, 3.8) is 0 Å². The Morgan fingerprint density at radius 2 is 1.87 bits per heavy atom. The molecule has 0 bridgehead atoms. The van der Waals surface area contributed by atoms with Crippen molar-refractivity contribution < 1.29 is 4.74 Å². The molecule has 2 N–H and O–H groups in total. The third-order valence-electron chi connectivity index (χ3n) is 5.70. The number of hydrogen-bond acceptors (Lipinski definition) is 6. The Kier molecular flexibility index (Phi) is 9.69. The maximum atomic E-state index is 5.55. The summed E-state index contributed by atoms with van der Waals surface area (Å²) in [5.74, 6) is 0.911. The minimum atomic E-state index is 0. The molecule has 9 heteroatoms. The lowest BCUT2D eigenvalue weighted by Gasteiger charge is -2.35. The Bertz CT molecular complexity index is 742. The van der Waals surface area contributed by atoms with Gasteiger partial charge in [0.25, 0.3) is 0 Å². The van der Waals surface area contributed by atoms with Crippen LogP contribution in [-0.4, -0.2) is 69.9 Å². The smallest absolute Gasteiger partial charge is 0.191 e. The lowest BCUT2D eigenvalue weighted by Crippen LogP contribution is -2.50. The van der Waals surface area contributed by atoms with Crippen molar-refractivity contribution in [1.29, 1.82) is 0 Å². The van der Waals surface area contributed by atoms with Gasteiger partial charge >= 0.3 is 0 Å². The number of thiophene rings is 2. The summed E-state index contributed by atoms with van der Waals surface area (Å²) in [4.78, 5) is 10.9. The van der Waals surface area contributed by atoms with E-state index in [4.69, 9.17) is 4.74 Å². The van der Waals surface area contributed by atoms with Crippen molar-refractivity contribution in [2.75, 3.05) is 57.9 Å². The predicted octanol–water partition coefficient (Wildman–Crippen LogP) is 3.63. The fourth-order valence-electron chi connectivity index (χ4n) is 4.06. The summed E-state index contributed by atoms with van der Waals surface area (Å²) in [6, 6.07) is 9.56. The lowest BCUT2D eigenvalue weighted by atomic mass is 10.1. The van der Waals surface area contributed by atoms with Gasteiger partial charge in [0.05, 0.1) is 24.3 Å². The number of rotatable bonds is 6. The van der Waals surface area contributed by atoms with Crippen LogP contribution in [0.5, 0.6) is 0 Å². The topological polar surface area (TPSA) is 52.1 Å². The van der Waals surface area contributed by atoms with Gasteiger partial charge in [-0.15, -0.1) is 46.7 Å². The summed E-state index contributed by atoms with van der Waals surface area (Å²) < 4.78 is 5.55. The number of morpholine rings is 1. The Morgan fingerprint density at radius 1 is 1.13 bits per heavy atom. The zero-order chi connectivity index (χ0) is 19.9. The van der Waals surface area contributed by atoms with E-state index in [1.807, 2.05) is 29.7 Å². The van der Waals surface area contributed by atoms with Gasteiger partial charge < -0.3 is 20.3 Å². The van der Waals surface area contributed by atoms with Gasteiger partial charge in [-0.1, -0.05) is 6.07 Å². The SMILES string of the molecule is CN=C(NCC(c1cccs1)N1CCOCC1)NC1CCN(c2cccs2)CC1.I. The molecule has 4 rings (SSSR count). The summed E-state index contributed by atoms with van der Waals surface area (Å²) in [6.45, 7) is 6.65. The first kappa shape index (κ1) is 23.8. The molecule has 2 fully saturated rings. The summed E-state index contributed by atoms with van der Waals surface area (Å²) in [5, 5.41) is 12.9. The number of guanidine groups is 1. The van der Waals surface area contributed by atoms with E-state index in [-0.39, 0.29) is 24.0 Å². The molecule has 6 nitrogen and oxygen atoms in total. The van der Waals surface area contributed by atoms with Gasteiger partial charge in [-0.25, -0.2) is 0 Å². The second-order valence-electron chi connectivity index (χ2n) is 7.49. The van der Waals surface area contributed by atoms with E-state index in [1.165, 1.54) is 9.88 Å². The first-order chi connectivity index (χ1) is 14.3. The highest BCUT2D eigenvalue weighted by atomic mass is 127. The standard InChI is InChI=1S/C21H31N5OS2.HI/c1-22-21(24-17-6-8-26(9-7-17)20-5-3-15-29-20)23-16-18(19-4-2-14-28-19)25-10-12-27-13-11-25;/h2-5,14-15,17-18H,6-13,16H2,1H3,(H2,22,23,24);1H.